The molecular formula is C18H25N3O3. The third kappa shape index (κ3) is 3.11. The molecule has 2 heterocycles. The van der Waals surface area contributed by atoms with Crippen molar-refractivity contribution in [3.8, 4) is 5.75 Å². The molecule has 24 heavy (non-hydrogen) atoms. The number of carbonyl (C=O) groups is 1. The van der Waals surface area contributed by atoms with Crippen molar-refractivity contribution in [1.82, 2.24) is 9.80 Å². The Hall–Kier alpha value is -2.08. The van der Waals surface area contributed by atoms with Gasteiger partial charge in [0.2, 0.25) is 5.60 Å². The second-order valence-electron chi connectivity index (χ2n) is 6.46. The summed E-state index contributed by atoms with van der Waals surface area (Å²) in [6.45, 7) is 8.32. The van der Waals surface area contributed by atoms with Gasteiger partial charge in [0.25, 0.3) is 5.91 Å². The first-order valence-electron chi connectivity index (χ1n) is 8.47. The van der Waals surface area contributed by atoms with Crippen molar-refractivity contribution >= 4 is 11.6 Å². The second-order valence-corrected chi connectivity index (χ2v) is 6.46. The van der Waals surface area contributed by atoms with Gasteiger partial charge < -0.3 is 19.4 Å². The van der Waals surface area contributed by atoms with Crippen LogP contribution in [0.1, 0.15) is 25.8 Å². The van der Waals surface area contributed by atoms with Gasteiger partial charge in [0.05, 0.1) is 12.8 Å². The van der Waals surface area contributed by atoms with Gasteiger partial charge in [-0.1, -0.05) is 24.2 Å². The van der Waals surface area contributed by atoms with E-state index in [0.717, 1.165) is 49.7 Å². The summed E-state index contributed by atoms with van der Waals surface area (Å²) in [5.74, 6) is 0.764. The largest absolute Gasteiger partial charge is 0.496 e. The highest BCUT2D eigenvalue weighted by molar-refractivity contribution is 6.07. The third-order valence-corrected chi connectivity index (χ3v) is 4.84. The number of rotatable bonds is 4. The van der Waals surface area contributed by atoms with E-state index in [2.05, 4.69) is 17.0 Å². The van der Waals surface area contributed by atoms with Crippen molar-refractivity contribution in [3.63, 3.8) is 0 Å². The number of nitrogens with zero attached hydrogens (tertiary/aromatic N) is 3. The van der Waals surface area contributed by atoms with Crippen LogP contribution >= 0.6 is 0 Å². The van der Waals surface area contributed by atoms with Crippen LogP contribution in [-0.4, -0.2) is 66.9 Å². The van der Waals surface area contributed by atoms with Gasteiger partial charge in [-0.05, 0) is 25.6 Å². The molecule has 0 saturated carbocycles. The average molecular weight is 331 g/mol. The molecule has 0 N–H and O–H groups in total. The Bertz CT molecular complexity index is 638. The topological polar surface area (TPSA) is 54.4 Å². The summed E-state index contributed by atoms with van der Waals surface area (Å²) in [7, 11) is 1.63. The minimum Gasteiger partial charge on any atom is -0.496 e. The van der Waals surface area contributed by atoms with Crippen molar-refractivity contribution in [1.29, 1.82) is 0 Å². The minimum atomic E-state index is -0.926. The van der Waals surface area contributed by atoms with Crippen molar-refractivity contribution in [2.45, 2.75) is 25.9 Å². The van der Waals surface area contributed by atoms with E-state index >= 15 is 0 Å². The van der Waals surface area contributed by atoms with E-state index in [0.29, 0.717) is 6.42 Å². The highest BCUT2D eigenvalue weighted by Gasteiger charge is 2.45. The Balaban J connectivity index is 1.69. The number of likely N-dealkylation sites (N-methyl/N-ethyl adjacent to an activating group) is 1. The third-order valence-electron chi connectivity index (χ3n) is 4.84. The molecule has 3 rings (SSSR count). The predicted molar refractivity (Wildman–Crippen MR) is 92.3 cm³/mol. The van der Waals surface area contributed by atoms with Crippen molar-refractivity contribution < 1.29 is 14.4 Å². The molecule has 0 unspecified atom stereocenters. The van der Waals surface area contributed by atoms with E-state index in [9.17, 15) is 4.79 Å². The summed E-state index contributed by atoms with van der Waals surface area (Å²) in [6.07, 6.45) is 0.459. The van der Waals surface area contributed by atoms with Crippen LogP contribution in [0.4, 0.5) is 0 Å². The fraction of sp³-hybridized carbons (Fsp3) is 0.556. The Kier molecular flexibility index (Phi) is 4.76. The number of hydrogen-bond donors (Lipinski definition) is 0. The van der Waals surface area contributed by atoms with Crippen LogP contribution in [0.2, 0.25) is 0 Å². The van der Waals surface area contributed by atoms with Crippen molar-refractivity contribution in [2.75, 3.05) is 39.8 Å². The Morgan fingerprint density at radius 1 is 1.29 bits per heavy atom. The van der Waals surface area contributed by atoms with Gasteiger partial charge in [0, 0.05) is 38.2 Å². The van der Waals surface area contributed by atoms with E-state index in [1.165, 1.54) is 0 Å². The van der Waals surface area contributed by atoms with Gasteiger partial charge in [0.15, 0.2) is 0 Å². The molecule has 1 aromatic carbocycles. The molecule has 1 atom stereocenters. The molecule has 6 heteroatoms. The smallest absolute Gasteiger partial charge is 0.269 e. The lowest BCUT2D eigenvalue weighted by Crippen LogP contribution is -2.54. The van der Waals surface area contributed by atoms with Crippen LogP contribution < -0.4 is 4.74 Å². The molecule has 0 radical (unpaired) electrons. The normalized spacial score (nSPS) is 24.5. The van der Waals surface area contributed by atoms with E-state index in [-0.39, 0.29) is 5.91 Å². The van der Waals surface area contributed by atoms with E-state index in [1.807, 2.05) is 36.1 Å². The van der Waals surface area contributed by atoms with E-state index in [1.54, 1.807) is 7.11 Å². The number of methoxy groups -OCH3 is 1. The number of piperazine rings is 1. The van der Waals surface area contributed by atoms with Gasteiger partial charge in [-0.25, -0.2) is 0 Å². The van der Waals surface area contributed by atoms with Gasteiger partial charge in [-0.15, -0.1) is 0 Å². The summed E-state index contributed by atoms with van der Waals surface area (Å²) in [5.41, 5.74) is 0.715. The van der Waals surface area contributed by atoms with Gasteiger partial charge in [-0.2, -0.15) is 0 Å². The average Bonchev–Trinajstić information content (AvgIpc) is 3.04. The molecular weight excluding hydrogens is 306 g/mol. The summed E-state index contributed by atoms with van der Waals surface area (Å²) < 4.78 is 5.39. The lowest BCUT2D eigenvalue weighted by Gasteiger charge is -2.37. The molecule has 0 aliphatic carbocycles. The molecule has 0 spiro atoms. The fourth-order valence-corrected chi connectivity index (χ4v) is 3.28. The molecule has 1 amide bonds. The van der Waals surface area contributed by atoms with Crippen LogP contribution in [0.3, 0.4) is 0 Å². The highest BCUT2D eigenvalue weighted by Crippen LogP contribution is 2.31. The first kappa shape index (κ1) is 16.8. The van der Waals surface area contributed by atoms with Gasteiger partial charge >= 0.3 is 0 Å². The van der Waals surface area contributed by atoms with Crippen LogP contribution in [0.25, 0.3) is 0 Å². The van der Waals surface area contributed by atoms with Crippen LogP contribution in [0, 0.1) is 0 Å². The summed E-state index contributed by atoms with van der Waals surface area (Å²) >= 11 is 0. The number of amides is 1. The number of ether oxygens (including phenoxy) is 1. The van der Waals surface area contributed by atoms with E-state index < -0.39 is 5.60 Å². The molecule has 2 aliphatic rings. The maximum absolute atomic E-state index is 12.9. The standard InChI is InChI=1S/C18H25N3O3/c1-4-20-9-11-21(12-10-20)17(22)18(2)13-15(19-24-18)14-7-5-6-8-16(14)23-3/h5-8H,4,9-13H2,1-3H3/t18-/m1/s1. The molecule has 2 aliphatic heterocycles. The zero-order chi connectivity index (χ0) is 17.2. The summed E-state index contributed by atoms with van der Waals surface area (Å²) in [4.78, 5) is 22.8. The Morgan fingerprint density at radius 3 is 2.67 bits per heavy atom. The quantitative estimate of drug-likeness (QED) is 0.843. The zero-order valence-electron chi connectivity index (χ0n) is 14.6. The number of carbonyl (C=O) groups excluding carboxylic acids is 1. The van der Waals surface area contributed by atoms with Crippen molar-refractivity contribution in [3.05, 3.63) is 29.8 Å². The van der Waals surface area contributed by atoms with E-state index in [4.69, 9.17) is 9.57 Å². The molecule has 6 nitrogen and oxygen atoms in total. The molecule has 1 saturated heterocycles. The van der Waals surface area contributed by atoms with Crippen LogP contribution in [0.15, 0.2) is 29.4 Å². The lowest BCUT2D eigenvalue weighted by molar-refractivity contribution is -0.155. The number of para-hydroxylation sites is 1. The highest BCUT2D eigenvalue weighted by atomic mass is 16.7. The number of benzene rings is 1. The zero-order valence-corrected chi connectivity index (χ0v) is 14.6. The van der Waals surface area contributed by atoms with Crippen LogP contribution in [-0.2, 0) is 9.63 Å². The Morgan fingerprint density at radius 2 is 2.00 bits per heavy atom. The molecule has 0 aromatic heterocycles. The predicted octanol–water partition coefficient (Wildman–Crippen LogP) is 1.74. The maximum atomic E-state index is 12.9. The first-order chi connectivity index (χ1) is 11.6. The molecule has 0 bridgehead atoms. The monoisotopic (exact) mass is 331 g/mol. The number of oxime groups is 1. The molecule has 1 aromatic rings. The van der Waals surface area contributed by atoms with Crippen LogP contribution in [0.5, 0.6) is 5.75 Å². The Labute approximate surface area is 143 Å². The summed E-state index contributed by atoms with van der Waals surface area (Å²) in [6, 6.07) is 7.68. The van der Waals surface area contributed by atoms with Crippen molar-refractivity contribution in [2.24, 2.45) is 5.16 Å². The van der Waals surface area contributed by atoms with Gasteiger partial charge in [0.1, 0.15) is 5.75 Å². The minimum absolute atomic E-state index is 0.0203. The fourth-order valence-electron chi connectivity index (χ4n) is 3.28. The lowest BCUT2D eigenvalue weighted by atomic mass is 9.94. The number of hydrogen-bond acceptors (Lipinski definition) is 5. The molecule has 1 fully saturated rings. The SMILES string of the molecule is CCN1CCN(C(=O)[C@@]2(C)CC(c3ccccc3OC)=NO2)CC1. The van der Waals surface area contributed by atoms with Gasteiger partial charge in [-0.3, -0.25) is 4.79 Å². The summed E-state index contributed by atoms with van der Waals surface area (Å²) in [5, 5.41) is 4.19. The second kappa shape index (κ2) is 6.81. The maximum Gasteiger partial charge on any atom is 0.269 e. The first-order valence-corrected chi connectivity index (χ1v) is 8.47. The molecule has 130 valence electrons.